The van der Waals surface area contributed by atoms with Crippen molar-refractivity contribution in [3.63, 3.8) is 0 Å². The Morgan fingerprint density at radius 2 is 1.78 bits per heavy atom. The zero-order chi connectivity index (χ0) is 13.7. The third-order valence-electron chi connectivity index (χ3n) is 3.55. The van der Waals surface area contributed by atoms with E-state index in [1.165, 1.54) is 0 Å². The second-order valence-electron chi connectivity index (χ2n) is 4.78. The molecule has 1 rings (SSSR count). The van der Waals surface area contributed by atoms with Gasteiger partial charge in [0.1, 0.15) is 26.2 Å². The maximum Gasteiger partial charge on any atom is 0.142 e. The Morgan fingerprint density at radius 3 is 2.28 bits per heavy atom. The molecular weight excluding hydrogens is 235 g/mol. The van der Waals surface area contributed by atoms with Crippen molar-refractivity contribution >= 4 is 7.85 Å². The average molecular weight is 260 g/mol. The first kappa shape index (κ1) is 15.9. The van der Waals surface area contributed by atoms with Gasteiger partial charge in [-0.1, -0.05) is 0 Å². The second kappa shape index (κ2) is 7.45. The highest BCUT2D eigenvalue weighted by atomic mass is 16.6. The van der Waals surface area contributed by atoms with Crippen molar-refractivity contribution in [1.82, 2.24) is 0 Å². The molecule has 0 amide bonds. The van der Waals surface area contributed by atoms with Crippen LogP contribution in [-0.4, -0.2) is 72.3 Å². The van der Waals surface area contributed by atoms with Crippen molar-refractivity contribution in [2.24, 2.45) is 0 Å². The molecule has 0 aliphatic carbocycles. The summed E-state index contributed by atoms with van der Waals surface area (Å²) in [6.45, 7) is 4.49. The molecule has 5 nitrogen and oxygen atoms in total. The van der Waals surface area contributed by atoms with Crippen molar-refractivity contribution in [2.45, 2.75) is 50.4 Å². The Bertz CT molecular complexity index is 241. The zero-order valence-corrected chi connectivity index (χ0v) is 12.2. The third-order valence-corrected chi connectivity index (χ3v) is 3.55. The summed E-state index contributed by atoms with van der Waals surface area (Å²) in [7, 11) is 7.01. The van der Waals surface area contributed by atoms with Crippen LogP contribution >= 0.6 is 0 Å². The van der Waals surface area contributed by atoms with Gasteiger partial charge in [0, 0.05) is 21.3 Å². The van der Waals surface area contributed by atoms with E-state index in [1.54, 1.807) is 21.3 Å². The normalized spacial score (nSPS) is 35.6. The Balaban J connectivity index is 2.62. The highest BCUT2D eigenvalue weighted by molar-refractivity contribution is 6.11. The number of hydrogen-bond donors (Lipinski definition) is 0. The molecule has 1 heterocycles. The predicted molar refractivity (Wildman–Crippen MR) is 70.7 cm³/mol. The van der Waals surface area contributed by atoms with Crippen LogP contribution in [0.5, 0.6) is 0 Å². The first-order valence-corrected chi connectivity index (χ1v) is 6.40. The molecule has 0 aromatic heterocycles. The van der Waals surface area contributed by atoms with Gasteiger partial charge < -0.3 is 23.7 Å². The summed E-state index contributed by atoms with van der Waals surface area (Å²) in [6.07, 6.45) is -0.250. The monoisotopic (exact) mass is 260 g/mol. The number of methoxy groups -OCH3 is 3. The van der Waals surface area contributed by atoms with Gasteiger partial charge in [-0.3, -0.25) is 0 Å². The van der Waals surface area contributed by atoms with Crippen molar-refractivity contribution in [3.8, 4) is 0 Å². The molecule has 1 fully saturated rings. The van der Waals surface area contributed by atoms with Gasteiger partial charge in [-0.2, -0.15) is 0 Å². The average Bonchev–Trinajstić information content (AvgIpc) is 2.64. The molecule has 0 spiro atoms. The largest absolute Gasteiger partial charge is 0.382 e. The van der Waals surface area contributed by atoms with Gasteiger partial charge in [-0.25, -0.2) is 0 Å². The molecule has 106 valence electrons. The summed E-state index contributed by atoms with van der Waals surface area (Å²) in [5.41, 5.74) is 0. The Labute approximate surface area is 110 Å². The van der Waals surface area contributed by atoms with Gasteiger partial charge in [0.25, 0.3) is 0 Å². The van der Waals surface area contributed by atoms with Crippen LogP contribution in [0.15, 0.2) is 0 Å². The van der Waals surface area contributed by atoms with Gasteiger partial charge in [-0.15, -0.1) is 0 Å². The molecule has 1 aliphatic heterocycles. The van der Waals surface area contributed by atoms with Crippen LogP contribution in [-0.2, 0) is 23.7 Å². The molecule has 18 heavy (non-hydrogen) atoms. The van der Waals surface area contributed by atoms with E-state index in [0.717, 1.165) is 0 Å². The Kier molecular flexibility index (Phi) is 6.59. The smallest absolute Gasteiger partial charge is 0.142 e. The minimum atomic E-state index is -0.105. The van der Waals surface area contributed by atoms with Gasteiger partial charge in [-0.05, 0) is 13.8 Å². The Hall–Kier alpha value is -0.135. The fourth-order valence-electron chi connectivity index (χ4n) is 2.23. The molecule has 0 aromatic carbocycles. The van der Waals surface area contributed by atoms with Crippen LogP contribution in [0.25, 0.3) is 0 Å². The molecular formula is C12H25BO5. The Morgan fingerprint density at radius 1 is 1.11 bits per heavy atom. The lowest BCUT2D eigenvalue weighted by Crippen LogP contribution is -2.42. The SMILES string of the molecule is B[C@@H]1O[C@H](COC)C(OC)[C@@H]1O[C@@H](C)[C@@H](C)OC. The second-order valence-corrected chi connectivity index (χ2v) is 4.78. The van der Waals surface area contributed by atoms with Crippen LogP contribution in [0.2, 0.25) is 0 Å². The number of rotatable bonds is 7. The summed E-state index contributed by atoms with van der Waals surface area (Å²) < 4.78 is 27.8. The van der Waals surface area contributed by atoms with E-state index in [2.05, 4.69) is 0 Å². The molecule has 0 saturated carbocycles. The molecule has 6 heteroatoms. The fraction of sp³-hybridized carbons (Fsp3) is 1.00. The molecule has 0 N–H and O–H groups in total. The van der Waals surface area contributed by atoms with E-state index in [0.29, 0.717) is 6.61 Å². The first-order chi connectivity index (χ1) is 8.54. The van der Waals surface area contributed by atoms with Crippen molar-refractivity contribution < 1.29 is 23.7 Å². The van der Waals surface area contributed by atoms with Crippen LogP contribution in [0.4, 0.5) is 0 Å². The molecule has 6 atom stereocenters. The topological polar surface area (TPSA) is 46.2 Å². The highest BCUT2D eigenvalue weighted by Gasteiger charge is 2.44. The van der Waals surface area contributed by atoms with Crippen LogP contribution in [0.3, 0.4) is 0 Å². The van der Waals surface area contributed by atoms with Crippen molar-refractivity contribution in [3.05, 3.63) is 0 Å². The van der Waals surface area contributed by atoms with Gasteiger partial charge in [0.05, 0.1) is 24.8 Å². The highest BCUT2D eigenvalue weighted by Crippen LogP contribution is 2.26. The maximum absolute atomic E-state index is 6.03. The summed E-state index contributed by atoms with van der Waals surface area (Å²) in [4.78, 5) is 0. The van der Waals surface area contributed by atoms with E-state index < -0.39 is 0 Å². The zero-order valence-electron chi connectivity index (χ0n) is 12.2. The fourth-order valence-corrected chi connectivity index (χ4v) is 2.23. The molecule has 0 bridgehead atoms. The first-order valence-electron chi connectivity index (χ1n) is 6.40. The van der Waals surface area contributed by atoms with Gasteiger partial charge in [0.15, 0.2) is 0 Å². The van der Waals surface area contributed by atoms with Gasteiger partial charge in [0.2, 0.25) is 0 Å². The van der Waals surface area contributed by atoms with Crippen LogP contribution < -0.4 is 0 Å². The summed E-state index contributed by atoms with van der Waals surface area (Å²) in [5.74, 6) is 0. The summed E-state index contributed by atoms with van der Waals surface area (Å²) in [6, 6.07) is -0.0124. The molecule has 1 aliphatic rings. The summed E-state index contributed by atoms with van der Waals surface area (Å²) in [5, 5.41) is 0. The van der Waals surface area contributed by atoms with E-state index in [4.69, 9.17) is 23.7 Å². The minimum Gasteiger partial charge on any atom is -0.382 e. The van der Waals surface area contributed by atoms with E-state index in [1.807, 2.05) is 21.7 Å². The quantitative estimate of drug-likeness (QED) is 0.594. The van der Waals surface area contributed by atoms with E-state index in [-0.39, 0.29) is 36.5 Å². The molecule has 0 radical (unpaired) electrons. The lowest BCUT2D eigenvalue weighted by Gasteiger charge is -2.28. The number of ether oxygens (including phenoxy) is 5. The van der Waals surface area contributed by atoms with E-state index in [9.17, 15) is 0 Å². The molecule has 1 unspecified atom stereocenters. The molecule has 0 aromatic rings. The third kappa shape index (κ3) is 3.68. The lowest BCUT2D eigenvalue weighted by atomic mass is 9.92. The standard InChI is InChI=1S/C12H25BO5/c1-7(15-4)8(2)17-11-10(16-5)9(6-14-3)18-12(11)13/h7-12H,6,13H2,1-5H3/t7-,8+,9-,10?,11+,12-/m1/s1. The lowest BCUT2D eigenvalue weighted by molar-refractivity contribution is -0.113. The maximum atomic E-state index is 6.03. The van der Waals surface area contributed by atoms with E-state index >= 15 is 0 Å². The van der Waals surface area contributed by atoms with Crippen molar-refractivity contribution in [1.29, 1.82) is 0 Å². The van der Waals surface area contributed by atoms with Crippen molar-refractivity contribution in [2.75, 3.05) is 27.9 Å². The minimum absolute atomic E-state index is 0.00926. The van der Waals surface area contributed by atoms with Crippen LogP contribution in [0, 0.1) is 0 Å². The van der Waals surface area contributed by atoms with Crippen LogP contribution in [0.1, 0.15) is 13.8 Å². The molecule has 1 saturated heterocycles. The van der Waals surface area contributed by atoms with Gasteiger partial charge >= 0.3 is 0 Å². The summed E-state index contributed by atoms with van der Waals surface area (Å²) >= 11 is 0. The number of hydrogen-bond acceptors (Lipinski definition) is 5. The predicted octanol–water partition coefficient (Wildman–Crippen LogP) is -0.186.